The van der Waals surface area contributed by atoms with Crippen LogP contribution in [-0.2, 0) is 19.9 Å². The molecule has 8 nitrogen and oxygen atoms in total. The number of imide groups is 1. The number of nitrogens with one attached hydrogen (secondary N) is 2. The lowest BCUT2D eigenvalue weighted by Crippen LogP contribution is -2.45. The molecule has 0 aliphatic carbocycles. The third kappa shape index (κ3) is 4.29. The SMILES string of the molecule is CN(CC(=O)Nc1cccc(F)c1)C(=O)CN1C(=O)N[C@@](C)(c2ccccc2)C1=O. The smallest absolute Gasteiger partial charge is 0.325 e. The van der Waals surface area contributed by atoms with Crippen molar-refractivity contribution in [3.05, 3.63) is 66.0 Å². The Hall–Kier alpha value is -3.75. The first kappa shape index (κ1) is 21.0. The Morgan fingerprint density at radius 2 is 1.83 bits per heavy atom. The van der Waals surface area contributed by atoms with Gasteiger partial charge in [0.05, 0.1) is 6.54 Å². The fraction of sp³-hybridized carbons (Fsp3) is 0.238. The molecule has 1 fully saturated rings. The van der Waals surface area contributed by atoms with Gasteiger partial charge >= 0.3 is 6.03 Å². The van der Waals surface area contributed by atoms with Crippen molar-refractivity contribution >= 4 is 29.4 Å². The number of carbonyl (C=O) groups excluding carboxylic acids is 4. The van der Waals surface area contributed by atoms with Crippen LogP contribution in [0, 0.1) is 5.82 Å². The fourth-order valence-corrected chi connectivity index (χ4v) is 3.13. The highest BCUT2D eigenvalue weighted by molar-refractivity contribution is 6.09. The molecule has 0 saturated carbocycles. The van der Waals surface area contributed by atoms with Crippen molar-refractivity contribution in [2.24, 2.45) is 0 Å². The van der Waals surface area contributed by atoms with Gasteiger partial charge in [-0.15, -0.1) is 0 Å². The maximum absolute atomic E-state index is 13.2. The highest BCUT2D eigenvalue weighted by Gasteiger charge is 2.49. The molecule has 2 aromatic carbocycles. The van der Waals surface area contributed by atoms with E-state index in [1.165, 1.54) is 25.2 Å². The molecule has 5 amide bonds. The number of hydrogen-bond donors (Lipinski definition) is 2. The Bertz CT molecular complexity index is 998. The third-order valence-electron chi connectivity index (χ3n) is 4.83. The second kappa shape index (κ2) is 8.32. The molecule has 0 bridgehead atoms. The standard InChI is InChI=1S/C21H21FN4O4/c1-21(14-7-4-3-5-8-14)19(29)26(20(30)24-21)13-18(28)25(2)12-17(27)23-16-10-6-9-15(22)11-16/h3-11H,12-13H2,1-2H3,(H,23,27)(H,24,30)/t21-/m0/s1. The average Bonchev–Trinajstić information content (AvgIpc) is 2.92. The zero-order valence-electron chi connectivity index (χ0n) is 16.5. The van der Waals surface area contributed by atoms with Crippen LogP contribution >= 0.6 is 0 Å². The third-order valence-corrected chi connectivity index (χ3v) is 4.83. The first-order valence-corrected chi connectivity index (χ1v) is 9.20. The maximum Gasteiger partial charge on any atom is 0.325 e. The zero-order chi connectivity index (χ0) is 21.9. The van der Waals surface area contributed by atoms with Gasteiger partial charge in [-0.25, -0.2) is 9.18 Å². The summed E-state index contributed by atoms with van der Waals surface area (Å²) < 4.78 is 13.2. The molecule has 1 saturated heterocycles. The predicted molar refractivity (Wildman–Crippen MR) is 107 cm³/mol. The minimum absolute atomic E-state index is 0.258. The van der Waals surface area contributed by atoms with Crippen LogP contribution in [0.5, 0.6) is 0 Å². The molecule has 2 aromatic rings. The predicted octanol–water partition coefficient (Wildman–Crippen LogP) is 1.69. The van der Waals surface area contributed by atoms with Crippen molar-refractivity contribution < 1.29 is 23.6 Å². The van der Waals surface area contributed by atoms with Crippen molar-refractivity contribution in [3.8, 4) is 0 Å². The number of benzene rings is 2. The van der Waals surface area contributed by atoms with E-state index in [2.05, 4.69) is 10.6 Å². The molecule has 0 spiro atoms. The van der Waals surface area contributed by atoms with Crippen molar-refractivity contribution in [2.45, 2.75) is 12.5 Å². The minimum Gasteiger partial charge on any atom is -0.335 e. The van der Waals surface area contributed by atoms with Crippen LogP contribution < -0.4 is 10.6 Å². The molecular formula is C21H21FN4O4. The minimum atomic E-state index is -1.27. The van der Waals surface area contributed by atoms with Gasteiger partial charge in [0, 0.05) is 12.7 Å². The number of likely N-dealkylation sites (N-methyl/N-ethyl adjacent to an activating group) is 1. The lowest BCUT2D eigenvalue weighted by molar-refractivity contribution is -0.139. The van der Waals surface area contributed by atoms with Crippen LogP contribution in [0.1, 0.15) is 12.5 Å². The van der Waals surface area contributed by atoms with Gasteiger partial charge in [-0.2, -0.15) is 0 Å². The quantitative estimate of drug-likeness (QED) is 0.706. The zero-order valence-corrected chi connectivity index (χ0v) is 16.5. The topological polar surface area (TPSA) is 98.8 Å². The molecule has 156 valence electrons. The number of hydrogen-bond acceptors (Lipinski definition) is 4. The molecule has 2 N–H and O–H groups in total. The van der Waals surface area contributed by atoms with Crippen molar-refractivity contribution in [3.63, 3.8) is 0 Å². The molecule has 0 unspecified atom stereocenters. The van der Waals surface area contributed by atoms with E-state index in [4.69, 9.17) is 0 Å². The lowest BCUT2D eigenvalue weighted by Gasteiger charge is -2.23. The second-order valence-corrected chi connectivity index (χ2v) is 7.12. The van der Waals surface area contributed by atoms with Crippen LogP contribution in [0.2, 0.25) is 0 Å². The van der Waals surface area contributed by atoms with Gasteiger partial charge in [0.15, 0.2) is 0 Å². The van der Waals surface area contributed by atoms with Crippen LogP contribution in [-0.4, -0.2) is 53.7 Å². The van der Waals surface area contributed by atoms with Crippen molar-refractivity contribution in [1.82, 2.24) is 15.1 Å². The molecule has 1 heterocycles. The summed E-state index contributed by atoms with van der Waals surface area (Å²) in [6, 6.07) is 13.4. The normalized spacial score (nSPS) is 18.2. The van der Waals surface area contributed by atoms with E-state index in [0.29, 0.717) is 5.56 Å². The van der Waals surface area contributed by atoms with Gasteiger partial charge in [-0.05, 0) is 30.7 Å². The van der Waals surface area contributed by atoms with Crippen molar-refractivity contribution in [2.75, 3.05) is 25.5 Å². The molecule has 0 radical (unpaired) electrons. The van der Waals surface area contributed by atoms with Crippen LogP contribution in [0.15, 0.2) is 54.6 Å². The van der Waals surface area contributed by atoms with Gasteiger partial charge < -0.3 is 15.5 Å². The fourth-order valence-electron chi connectivity index (χ4n) is 3.13. The monoisotopic (exact) mass is 412 g/mol. The molecule has 9 heteroatoms. The highest BCUT2D eigenvalue weighted by Crippen LogP contribution is 2.28. The van der Waals surface area contributed by atoms with Crippen molar-refractivity contribution in [1.29, 1.82) is 0 Å². The number of amides is 5. The lowest BCUT2D eigenvalue weighted by atomic mass is 9.92. The number of rotatable bonds is 6. The van der Waals surface area contributed by atoms with Gasteiger partial charge in [0.2, 0.25) is 11.8 Å². The Morgan fingerprint density at radius 1 is 1.13 bits per heavy atom. The van der Waals surface area contributed by atoms with Crippen LogP contribution in [0.3, 0.4) is 0 Å². The van der Waals surface area contributed by atoms with E-state index in [1.54, 1.807) is 37.3 Å². The molecule has 1 atom stereocenters. The van der Waals surface area contributed by atoms with Gasteiger partial charge in [-0.1, -0.05) is 36.4 Å². The summed E-state index contributed by atoms with van der Waals surface area (Å²) in [6.07, 6.45) is 0. The second-order valence-electron chi connectivity index (χ2n) is 7.12. The van der Waals surface area contributed by atoms with Crippen LogP contribution in [0.25, 0.3) is 0 Å². The number of carbonyl (C=O) groups is 4. The van der Waals surface area contributed by atoms with E-state index in [9.17, 15) is 23.6 Å². The molecule has 0 aromatic heterocycles. The number of urea groups is 1. The summed E-state index contributed by atoms with van der Waals surface area (Å²) in [5, 5.41) is 5.10. The average molecular weight is 412 g/mol. The summed E-state index contributed by atoms with van der Waals surface area (Å²) >= 11 is 0. The maximum atomic E-state index is 13.2. The molecule has 30 heavy (non-hydrogen) atoms. The summed E-state index contributed by atoms with van der Waals surface area (Å²) in [6.45, 7) is 0.745. The largest absolute Gasteiger partial charge is 0.335 e. The Balaban J connectivity index is 1.61. The summed E-state index contributed by atoms with van der Waals surface area (Å²) in [7, 11) is 1.38. The molecule has 3 rings (SSSR count). The Kier molecular flexibility index (Phi) is 5.81. The van der Waals surface area contributed by atoms with E-state index < -0.39 is 41.7 Å². The Morgan fingerprint density at radius 3 is 2.50 bits per heavy atom. The molecule has 1 aliphatic heterocycles. The van der Waals surface area contributed by atoms with Gasteiger partial charge in [-0.3, -0.25) is 19.3 Å². The summed E-state index contributed by atoms with van der Waals surface area (Å²) in [5.41, 5.74) is -0.416. The van der Waals surface area contributed by atoms with Gasteiger partial charge in [0.25, 0.3) is 5.91 Å². The van der Waals surface area contributed by atoms with E-state index >= 15 is 0 Å². The highest BCUT2D eigenvalue weighted by atomic mass is 19.1. The van der Waals surface area contributed by atoms with E-state index in [1.807, 2.05) is 0 Å². The first-order chi connectivity index (χ1) is 14.2. The van der Waals surface area contributed by atoms with E-state index in [0.717, 1.165) is 15.9 Å². The Labute approximate surface area is 172 Å². The molecule has 1 aliphatic rings. The van der Waals surface area contributed by atoms with Gasteiger partial charge in [0.1, 0.15) is 17.9 Å². The number of halogens is 1. The number of nitrogens with zero attached hydrogens (tertiary/aromatic N) is 2. The summed E-state index contributed by atoms with van der Waals surface area (Å²) in [5.74, 6) is -2.19. The summed E-state index contributed by atoms with van der Waals surface area (Å²) in [4.78, 5) is 51.7. The molecular weight excluding hydrogens is 391 g/mol. The first-order valence-electron chi connectivity index (χ1n) is 9.20. The van der Waals surface area contributed by atoms with Crippen LogP contribution in [0.4, 0.5) is 14.9 Å². The van der Waals surface area contributed by atoms with E-state index in [-0.39, 0.29) is 12.2 Å². The number of anilines is 1.